The number of halogens is 2. The Morgan fingerprint density at radius 1 is 1.06 bits per heavy atom. The molecule has 2 heterocycles. The molecule has 0 saturated carbocycles. The van der Waals surface area contributed by atoms with Gasteiger partial charge in [-0.3, -0.25) is 4.98 Å². The molecule has 0 aliphatic carbocycles. The van der Waals surface area contributed by atoms with E-state index in [0.717, 1.165) is 17.3 Å². The van der Waals surface area contributed by atoms with E-state index in [9.17, 15) is 0 Å². The first-order chi connectivity index (χ1) is 8.25. The van der Waals surface area contributed by atoms with Crippen LogP contribution in [0.3, 0.4) is 0 Å². The molecule has 0 saturated heterocycles. The highest BCUT2D eigenvalue weighted by atomic mass is 35.5. The number of hydrogen-bond donors (Lipinski definition) is 0. The first-order valence-corrected chi connectivity index (χ1v) is 6.04. The molecule has 1 aliphatic rings. The second-order valence-corrected chi connectivity index (χ2v) is 4.57. The summed E-state index contributed by atoms with van der Waals surface area (Å²) in [6, 6.07) is 3.66. The Hall–Kier alpha value is -1.19. The molecule has 1 aromatic carbocycles. The summed E-state index contributed by atoms with van der Waals surface area (Å²) in [6.45, 7) is 1.30. The molecule has 1 aromatic heterocycles. The lowest BCUT2D eigenvalue weighted by Crippen LogP contribution is -1.97. The molecule has 0 atom stereocenters. The summed E-state index contributed by atoms with van der Waals surface area (Å²) in [7, 11) is 0. The first-order valence-electron chi connectivity index (χ1n) is 5.29. The lowest BCUT2D eigenvalue weighted by atomic mass is 10.2. The van der Waals surface area contributed by atoms with Crippen LogP contribution in [-0.2, 0) is 0 Å². The summed E-state index contributed by atoms with van der Waals surface area (Å²) in [5.41, 5.74) is 0.753. The number of aromatic nitrogens is 1. The fourth-order valence-corrected chi connectivity index (χ4v) is 2.14. The molecular formula is C12H9Cl2NO2. The number of benzene rings is 1. The van der Waals surface area contributed by atoms with E-state index in [1.54, 1.807) is 0 Å². The summed E-state index contributed by atoms with van der Waals surface area (Å²) in [6.07, 6.45) is 2.41. The van der Waals surface area contributed by atoms with Gasteiger partial charge in [-0.2, -0.15) is 0 Å². The summed E-state index contributed by atoms with van der Waals surface area (Å²) in [5, 5.41) is 1.71. The number of hydrogen-bond acceptors (Lipinski definition) is 3. The molecule has 2 aromatic rings. The predicted octanol–water partition coefficient (Wildman–Crippen LogP) is 3.70. The van der Waals surface area contributed by atoms with Crippen LogP contribution < -0.4 is 9.47 Å². The van der Waals surface area contributed by atoms with E-state index in [2.05, 4.69) is 4.98 Å². The van der Waals surface area contributed by atoms with Crippen molar-refractivity contribution in [2.45, 2.75) is 6.42 Å². The standard InChI is InChI=1S/C12H9Cl2NO2/c13-8-6-15-9-5-11-10(4-7(9)12(8)14)16-2-1-3-17-11/h4-6H,1-3H2. The van der Waals surface area contributed by atoms with Crippen molar-refractivity contribution >= 4 is 34.1 Å². The Labute approximate surface area is 108 Å². The number of pyridine rings is 1. The molecule has 3 rings (SSSR count). The third-order valence-electron chi connectivity index (χ3n) is 2.63. The van der Waals surface area contributed by atoms with Crippen molar-refractivity contribution in [3.63, 3.8) is 0 Å². The highest BCUT2D eigenvalue weighted by molar-refractivity contribution is 6.45. The zero-order chi connectivity index (χ0) is 11.8. The van der Waals surface area contributed by atoms with Crippen molar-refractivity contribution in [1.82, 2.24) is 4.98 Å². The molecule has 17 heavy (non-hydrogen) atoms. The van der Waals surface area contributed by atoms with Crippen molar-refractivity contribution < 1.29 is 9.47 Å². The van der Waals surface area contributed by atoms with Gasteiger partial charge in [-0.1, -0.05) is 23.2 Å². The summed E-state index contributed by atoms with van der Waals surface area (Å²) in [5.74, 6) is 1.40. The maximum absolute atomic E-state index is 6.14. The summed E-state index contributed by atoms with van der Waals surface area (Å²) < 4.78 is 11.2. The van der Waals surface area contributed by atoms with Gasteiger partial charge < -0.3 is 9.47 Å². The van der Waals surface area contributed by atoms with Crippen LogP contribution in [-0.4, -0.2) is 18.2 Å². The van der Waals surface area contributed by atoms with Gasteiger partial charge in [0.15, 0.2) is 11.5 Å². The zero-order valence-corrected chi connectivity index (χ0v) is 10.4. The Morgan fingerprint density at radius 2 is 1.76 bits per heavy atom. The fraction of sp³-hybridized carbons (Fsp3) is 0.250. The third-order valence-corrected chi connectivity index (χ3v) is 3.42. The van der Waals surface area contributed by atoms with Crippen molar-refractivity contribution in [3.05, 3.63) is 28.4 Å². The van der Waals surface area contributed by atoms with Crippen LogP contribution in [0, 0.1) is 0 Å². The average Bonchev–Trinajstić information content (AvgIpc) is 2.57. The second kappa shape index (κ2) is 4.24. The van der Waals surface area contributed by atoms with Gasteiger partial charge in [0.2, 0.25) is 0 Å². The summed E-state index contributed by atoms with van der Waals surface area (Å²) >= 11 is 12.1. The minimum Gasteiger partial charge on any atom is -0.490 e. The van der Waals surface area contributed by atoms with E-state index in [1.807, 2.05) is 12.1 Å². The van der Waals surface area contributed by atoms with E-state index in [1.165, 1.54) is 6.20 Å². The van der Waals surface area contributed by atoms with E-state index >= 15 is 0 Å². The minimum absolute atomic E-state index is 0.439. The maximum atomic E-state index is 6.14. The number of rotatable bonds is 0. The average molecular weight is 270 g/mol. The Kier molecular flexibility index (Phi) is 2.73. The van der Waals surface area contributed by atoms with Crippen molar-refractivity contribution in [2.24, 2.45) is 0 Å². The number of nitrogens with zero attached hydrogens (tertiary/aromatic N) is 1. The van der Waals surface area contributed by atoms with Gasteiger partial charge in [-0.05, 0) is 6.07 Å². The van der Waals surface area contributed by atoms with Gasteiger partial charge in [-0.15, -0.1) is 0 Å². The minimum atomic E-state index is 0.439. The van der Waals surface area contributed by atoms with Gasteiger partial charge in [0.1, 0.15) is 0 Å². The molecule has 0 amide bonds. The predicted molar refractivity (Wildman–Crippen MR) is 67.4 cm³/mol. The monoisotopic (exact) mass is 269 g/mol. The van der Waals surface area contributed by atoms with Gasteiger partial charge in [0.25, 0.3) is 0 Å². The largest absolute Gasteiger partial charge is 0.490 e. The Morgan fingerprint density at radius 3 is 2.53 bits per heavy atom. The van der Waals surface area contributed by atoms with Crippen molar-refractivity contribution in [3.8, 4) is 11.5 Å². The van der Waals surface area contributed by atoms with Crippen molar-refractivity contribution in [1.29, 1.82) is 0 Å². The molecule has 0 fully saturated rings. The van der Waals surface area contributed by atoms with Crippen LogP contribution in [0.4, 0.5) is 0 Å². The quantitative estimate of drug-likeness (QED) is 0.731. The molecule has 3 nitrogen and oxygen atoms in total. The second-order valence-electron chi connectivity index (χ2n) is 3.79. The summed E-state index contributed by atoms with van der Waals surface area (Å²) in [4.78, 5) is 4.23. The molecule has 0 N–H and O–H groups in total. The molecule has 0 radical (unpaired) electrons. The first kappa shape index (κ1) is 10.9. The van der Waals surface area contributed by atoms with Crippen LogP contribution in [0.1, 0.15) is 6.42 Å². The highest BCUT2D eigenvalue weighted by Gasteiger charge is 2.14. The van der Waals surface area contributed by atoms with E-state index in [4.69, 9.17) is 32.7 Å². The molecule has 0 unspecified atom stereocenters. The smallest absolute Gasteiger partial charge is 0.163 e. The Balaban J connectivity index is 2.26. The van der Waals surface area contributed by atoms with Gasteiger partial charge in [0, 0.05) is 24.1 Å². The van der Waals surface area contributed by atoms with E-state index < -0.39 is 0 Å². The van der Waals surface area contributed by atoms with Crippen LogP contribution >= 0.6 is 23.2 Å². The Bertz CT molecular complexity index is 586. The lowest BCUT2D eigenvalue weighted by molar-refractivity contribution is 0.297. The molecule has 0 spiro atoms. The van der Waals surface area contributed by atoms with E-state index in [0.29, 0.717) is 34.8 Å². The van der Waals surface area contributed by atoms with Crippen LogP contribution in [0.2, 0.25) is 10.0 Å². The molecule has 5 heteroatoms. The molecule has 0 bridgehead atoms. The number of ether oxygens (including phenoxy) is 2. The maximum Gasteiger partial charge on any atom is 0.163 e. The van der Waals surface area contributed by atoms with Crippen molar-refractivity contribution in [2.75, 3.05) is 13.2 Å². The lowest BCUT2D eigenvalue weighted by Gasteiger charge is -2.09. The van der Waals surface area contributed by atoms with Gasteiger partial charge in [0.05, 0.1) is 28.8 Å². The zero-order valence-electron chi connectivity index (χ0n) is 8.87. The SMILES string of the molecule is Clc1cnc2cc3c(cc2c1Cl)OCCCO3. The topological polar surface area (TPSA) is 31.4 Å². The van der Waals surface area contributed by atoms with Crippen LogP contribution in [0.25, 0.3) is 10.9 Å². The van der Waals surface area contributed by atoms with Crippen LogP contribution in [0.5, 0.6) is 11.5 Å². The van der Waals surface area contributed by atoms with Gasteiger partial charge in [-0.25, -0.2) is 0 Å². The number of fused-ring (bicyclic) bond motifs is 2. The third kappa shape index (κ3) is 1.90. The molecule has 1 aliphatic heterocycles. The van der Waals surface area contributed by atoms with Crippen LogP contribution in [0.15, 0.2) is 18.3 Å². The molecule has 88 valence electrons. The normalized spacial score (nSPS) is 14.7. The van der Waals surface area contributed by atoms with E-state index in [-0.39, 0.29) is 0 Å². The van der Waals surface area contributed by atoms with Gasteiger partial charge >= 0.3 is 0 Å². The fourth-order valence-electron chi connectivity index (χ4n) is 1.79. The highest BCUT2D eigenvalue weighted by Crippen LogP contribution is 2.38. The molecular weight excluding hydrogens is 261 g/mol.